The summed E-state index contributed by atoms with van der Waals surface area (Å²) in [5.74, 6) is -1.42. The second kappa shape index (κ2) is 10.2. The van der Waals surface area contributed by atoms with E-state index in [2.05, 4.69) is 26.1 Å². The first-order valence-corrected chi connectivity index (χ1v) is 11.7. The Morgan fingerprint density at radius 1 is 1.20 bits per heavy atom. The Hall–Kier alpha value is -3.12. The number of nitrogens with one attached hydrogen (secondary N) is 4. The van der Waals surface area contributed by atoms with Crippen molar-refractivity contribution in [1.29, 1.82) is 0 Å². The molecule has 8 nitrogen and oxygen atoms in total. The van der Waals surface area contributed by atoms with Crippen LogP contribution in [0, 0.1) is 19.8 Å². The minimum absolute atomic E-state index is 0.136. The first-order valence-electron chi connectivity index (χ1n) is 10.5. The zero-order valence-electron chi connectivity index (χ0n) is 19.2. The van der Waals surface area contributed by atoms with Crippen LogP contribution >= 0.6 is 22.9 Å². The lowest BCUT2D eigenvalue weighted by molar-refractivity contribution is -0.137. The van der Waals surface area contributed by atoms with E-state index in [-0.39, 0.29) is 34.4 Å². The van der Waals surface area contributed by atoms with Gasteiger partial charge in [-0.1, -0.05) is 25.4 Å². The summed E-state index contributed by atoms with van der Waals surface area (Å²) < 4.78 is 38.6. The summed E-state index contributed by atoms with van der Waals surface area (Å²) in [6.07, 6.45) is -4.84. The Morgan fingerprint density at radius 2 is 1.89 bits per heavy atom. The number of thiophene rings is 1. The lowest BCUT2D eigenvalue weighted by Gasteiger charge is -2.23. The predicted octanol–water partition coefficient (Wildman–Crippen LogP) is 4.10. The van der Waals surface area contributed by atoms with Crippen LogP contribution in [0.25, 0.3) is 10.2 Å². The lowest BCUT2D eigenvalue weighted by Crippen LogP contribution is -2.51. The van der Waals surface area contributed by atoms with Gasteiger partial charge in [0.15, 0.2) is 0 Å². The quantitative estimate of drug-likeness (QED) is 0.359. The fourth-order valence-corrected chi connectivity index (χ4v) is 4.58. The van der Waals surface area contributed by atoms with Crippen molar-refractivity contribution in [1.82, 2.24) is 20.8 Å². The highest BCUT2D eigenvalue weighted by atomic mass is 35.5. The number of carbonyl (C=O) groups excluding carboxylic acids is 2. The Balaban J connectivity index is 1.65. The Kier molecular flexibility index (Phi) is 7.75. The average Bonchev–Trinajstić information content (AvgIpc) is 3.03. The molecular weight excluding hydrogens is 507 g/mol. The SMILES string of the molecule is Cc1sc2nc(CC(=O)NNC(=O)[C@@H](Nc3ccc(C(F)(F)F)cc3Cl)C(C)C)[nH]c(=O)c2c1C. The van der Waals surface area contributed by atoms with Crippen LogP contribution in [-0.2, 0) is 22.2 Å². The van der Waals surface area contributed by atoms with Gasteiger partial charge in [-0.3, -0.25) is 25.2 Å². The number of hydrogen-bond donors (Lipinski definition) is 4. The van der Waals surface area contributed by atoms with Gasteiger partial charge in [0.1, 0.15) is 16.7 Å². The summed E-state index contributed by atoms with van der Waals surface area (Å²) in [4.78, 5) is 45.7. The van der Waals surface area contributed by atoms with E-state index in [1.807, 2.05) is 13.8 Å². The van der Waals surface area contributed by atoms with E-state index in [0.717, 1.165) is 28.6 Å². The predicted molar refractivity (Wildman–Crippen MR) is 128 cm³/mol. The number of fused-ring (bicyclic) bond motifs is 1. The monoisotopic (exact) mass is 529 g/mol. The van der Waals surface area contributed by atoms with Crippen LogP contribution in [0.4, 0.5) is 18.9 Å². The fourth-order valence-electron chi connectivity index (χ4n) is 3.30. The highest BCUT2D eigenvalue weighted by molar-refractivity contribution is 7.18. The summed E-state index contributed by atoms with van der Waals surface area (Å²) in [5.41, 5.74) is 4.26. The first kappa shape index (κ1) is 26.5. The molecule has 0 spiro atoms. The van der Waals surface area contributed by atoms with Crippen molar-refractivity contribution >= 4 is 50.7 Å². The lowest BCUT2D eigenvalue weighted by atomic mass is 10.0. The summed E-state index contributed by atoms with van der Waals surface area (Å²) in [7, 11) is 0. The number of anilines is 1. The van der Waals surface area contributed by atoms with Gasteiger partial charge in [0, 0.05) is 4.88 Å². The van der Waals surface area contributed by atoms with Crippen LogP contribution in [0.5, 0.6) is 0 Å². The number of nitrogens with zero attached hydrogens (tertiary/aromatic N) is 1. The molecule has 13 heteroatoms. The molecule has 35 heavy (non-hydrogen) atoms. The Bertz CT molecular complexity index is 1340. The smallest absolute Gasteiger partial charge is 0.372 e. The third kappa shape index (κ3) is 6.12. The molecule has 2 amide bonds. The van der Waals surface area contributed by atoms with Crippen LogP contribution in [0.15, 0.2) is 23.0 Å². The number of aromatic nitrogens is 2. The molecule has 1 aromatic carbocycles. The number of hydrazine groups is 1. The number of amides is 2. The van der Waals surface area contributed by atoms with Gasteiger partial charge in [-0.2, -0.15) is 13.2 Å². The van der Waals surface area contributed by atoms with Crippen molar-refractivity contribution in [3.05, 3.63) is 55.4 Å². The van der Waals surface area contributed by atoms with Crippen molar-refractivity contribution < 1.29 is 22.8 Å². The number of aromatic amines is 1. The number of rotatable bonds is 6. The van der Waals surface area contributed by atoms with Crippen LogP contribution in [0.1, 0.15) is 35.7 Å². The van der Waals surface area contributed by atoms with Crippen molar-refractivity contribution in [2.75, 3.05) is 5.32 Å². The normalized spacial score (nSPS) is 12.6. The van der Waals surface area contributed by atoms with Crippen molar-refractivity contribution in [2.24, 2.45) is 5.92 Å². The third-order valence-electron chi connectivity index (χ3n) is 5.30. The minimum Gasteiger partial charge on any atom is -0.372 e. The maximum absolute atomic E-state index is 12.9. The van der Waals surface area contributed by atoms with E-state index in [4.69, 9.17) is 11.6 Å². The highest BCUT2D eigenvalue weighted by Crippen LogP contribution is 2.34. The van der Waals surface area contributed by atoms with Gasteiger partial charge in [-0.25, -0.2) is 4.98 Å². The molecular formula is C22H23ClF3N5O3S. The highest BCUT2D eigenvalue weighted by Gasteiger charge is 2.31. The zero-order valence-corrected chi connectivity index (χ0v) is 20.8. The maximum atomic E-state index is 12.9. The molecule has 4 N–H and O–H groups in total. The zero-order chi connectivity index (χ0) is 26.1. The number of benzene rings is 1. The average molecular weight is 530 g/mol. The summed E-state index contributed by atoms with van der Waals surface area (Å²) >= 11 is 7.32. The van der Waals surface area contributed by atoms with Crippen molar-refractivity contribution in [3.8, 4) is 0 Å². The van der Waals surface area contributed by atoms with E-state index >= 15 is 0 Å². The molecule has 3 aromatic rings. The molecule has 3 rings (SSSR count). The minimum atomic E-state index is -4.55. The Morgan fingerprint density at radius 3 is 2.49 bits per heavy atom. The number of hydrogen-bond acceptors (Lipinski definition) is 6. The molecule has 0 saturated carbocycles. The molecule has 188 valence electrons. The number of carbonyl (C=O) groups is 2. The number of H-pyrrole nitrogens is 1. The Labute approximate surface area is 207 Å². The molecule has 1 atom stereocenters. The van der Waals surface area contributed by atoms with Crippen LogP contribution in [-0.4, -0.2) is 27.8 Å². The molecule has 0 aliphatic heterocycles. The molecule has 0 unspecified atom stereocenters. The van der Waals surface area contributed by atoms with Gasteiger partial charge in [-0.05, 0) is 43.5 Å². The van der Waals surface area contributed by atoms with Crippen LogP contribution in [0.3, 0.4) is 0 Å². The molecule has 0 fully saturated rings. The van der Waals surface area contributed by atoms with Crippen molar-refractivity contribution in [2.45, 2.75) is 46.3 Å². The standard InChI is InChI=1S/C22H23ClF3N5O3S/c1-9(2)18(27-14-6-5-12(7-13(14)23)22(24,25)26)20(34)31-30-16(32)8-15-28-19(33)17-10(3)11(4)35-21(17)29-15/h5-7,9,18,27H,8H2,1-4H3,(H,30,32)(H,31,34)(H,28,29,33)/t18-/m0/s1. The summed E-state index contributed by atoms with van der Waals surface area (Å²) in [5, 5.41) is 3.09. The van der Waals surface area contributed by atoms with E-state index in [1.165, 1.54) is 11.3 Å². The van der Waals surface area contributed by atoms with Gasteiger partial charge >= 0.3 is 6.18 Å². The second-order valence-corrected chi connectivity index (χ2v) is 9.86. The number of aryl methyl sites for hydroxylation is 2. The topological polar surface area (TPSA) is 116 Å². The molecule has 0 radical (unpaired) electrons. The van der Waals surface area contributed by atoms with E-state index < -0.39 is 29.6 Å². The molecule has 2 heterocycles. The third-order valence-corrected chi connectivity index (χ3v) is 6.71. The molecule has 2 aromatic heterocycles. The maximum Gasteiger partial charge on any atom is 0.416 e. The van der Waals surface area contributed by atoms with E-state index in [9.17, 15) is 27.6 Å². The first-order chi connectivity index (χ1) is 16.3. The molecule has 0 aliphatic rings. The largest absolute Gasteiger partial charge is 0.416 e. The number of alkyl halides is 3. The van der Waals surface area contributed by atoms with Gasteiger partial charge in [0.25, 0.3) is 11.5 Å². The van der Waals surface area contributed by atoms with E-state index in [1.54, 1.807) is 13.8 Å². The molecule has 0 aliphatic carbocycles. The van der Waals surface area contributed by atoms with Gasteiger partial charge < -0.3 is 10.3 Å². The fraction of sp³-hybridized carbons (Fsp3) is 0.364. The van der Waals surface area contributed by atoms with Crippen LogP contribution in [0.2, 0.25) is 5.02 Å². The van der Waals surface area contributed by atoms with Gasteiger partial charge in [0.05, 0.1) is 28.1 Å². The molecule has 0 bridgehead atoms. The summed E-state index contributed by atoms with van der Waals surface area (Å²) in [6, 6.07) is 1.84. The summed E-state index contributed by atoms with van der Waals surface area (Å²) in [6.45, 7) is 7.13. The van der Waals surface area contributed by atoms with E-state index in [0.29, 0.717) is 10.2 Å². The van der Waals surface area contributed by atoms with Gasteiger partial charge in [0.2, 0.25) is 5.91 Å². The molecule has 0 saturated heterocycles. The van der Waals surface area contributed by atoms with Gasteiger partial charge in [-0.15, -0.1) is 11.3 Å². The second-order valence-electron chi connectivity index (χ2n) is 8.25. The van der Waals surface area contributed by atoms with Crippen LogP contribution < -0.4 is 21.7 Å². The van der Waals surface area contributed by atoms with Crippen molar-refractivity contribution in [3.63, 3.8) is 0 Å². The number of halogens is 4.